The number of nitrogens with two attached hydrogens (primary N) is 1. The van der Waals surface area contributed by atoms with E-state index in [1.54, 1.807) is 6.92 Å². The van der Waals surface area contributed by atoms with E-state index in [4.69, 9.17) is 11.0 Å². The maximum Gasteiger partial charge on any atom is 0.101 e. The Bertz CT molecular complexity index is 330. The Labute approximate surface area is 85.4 Å². The Morgan fingerprint density at radius 2 is 1.93 bits per heavy atom. The van der Waals surface area contributed by atoms with E-state index in [-0.39, 0.29) is 0 Å². The molecule has 0 aromatic heterocycles. The van der Waals surface area contributed by atoms with Crippen molar-refractivity contribution in [1.29, 1.82) is 5.26 Å². The molecule has 0 aliphatic rings. The summed E-state index contributed by atoms with van der Waals surface area (Å²) in [6.07, 6.45) is 1.56. The van der Waals surface area contributed by atoms with Crippen molar-refractivity contribution in [3.8, 4) is 6.07 Å². The first-order chi connectivity index (χ1) is 6.53. The highest BCUT2D eigenvalue weighted by Gasteiger charge is 2.16. The monoisotopic (exact) mass is 188 g/mol. The van der Waals surface area contributed by atoms with E-state index in [9.17, 15) is 0 Å². The summed E-state index contributed by atoms with van der Waals surface area (Å²) < 4.78 is 0. The molecular weight excluding hydrogens is 172 g/mol. The molecule has 2 heteroatoms. The van der Waals surface area contributed by atoms with E-state index < -0.39 is 5.54 Å². The summed E-state index contributed by atoms with van der Waals surface area (Å²) in [5.41, 5.74) is 7.52. The molecule has 0 saturated carbocycles. The smallest absolute Gasteiger partial charge is 0.101 e. The average molecular weight is 188 g/mol. The Balaban J connectivity index is 2.55. The Hall–Kier alpha value is -1.33. The van der Waals surface area contributed by atoms with E-state index in [2.05, 4.69) is 37.3 Å². The standard InChI is InChI=1S/C12H16N2/c1-10-3-5-11(6-4-10)7-8-12(2,14)9-13/h3-6H,7-8,14H2,1-2H3. The van der Waals surface area contributed by atoms with Crippen LogP contribution in [0.2, 0.25) is 0 Å². The third kappa shape index (κ3) is 3.20. The van der Waals surface area contributed by atoms with Gasteiger partial charge in [-0.15, -0.1) is 0 Å². The third-order valence-corrected chi connectivity index (χ3v) is 2.31. The first-order valence-electron chi connectivity index (χ1n) is 4.79. The lowest BCUT2D eigenvalue weighted by Crippen LogP contribution is -2.34. The molecule has 2 nitrogen and oxygen atoms in total. The first-order valence-corrected chi connectivity index (χ1v) is 4.79. The van der Waals surface area contributed by atoms with Crippen LogP contribution in [-0.4, -0.2) is 5.54 Å². The first kappa shape index (κ1) is 10.7. The summed E-state index contributed by atoms with van der Waals surface area (Å²) in [6.45, 7) is 3.83. The fourth-order valence-electron chi connectivity index (χ4n) is 1.21. The Morgan fingerprint density at radius 1 is 1.36 bits per heavy atom. The van der Waals surface area contributed by atoms with E-state index in [1.165, 1.54) is 11.1 Å². The van der Waals surface area contributed by atoms with Crippen LogP contribution in [0.25, 0.3) is 0 Å². The van der Waals surface area contributed by atoms with Crippen molar-refractivity contribution < 1.29 is 0 Å². The zero-order valence-corrected chi connectivity index (χ0v) is 8.75. The quantitative estimate of drug-likeness (QED) is 0.790. The van der Waals surface area contributed by atoms with Crippen molar-refractivity contribution in [2.75, 3.05) is 0 Å². The van der Waals surface area contributed by atoms with Gasteiger partial charge < -0.3 is 5.73 Å². The lowest BCUT2D eigenvalue weighted by atomic mass is 9.96. The van der Waals surface area contributed by atoms with Crippen molar-refractivity contribution >= 4 is 0 Å². The molecule has 0 aliphatic carbocycles. The minimum Gasteiger partial charge on any atom is -0.314 e. The van der Waals surface area contributed by atoms with Crippen LogP contribution in [0.5, 0.6) is 0 Å². The van der Waals surface area contributed by atoms with Crippen molar-refractivity contribution in [2.24, 2.45) is 5.73 Å². The molecule has 2 N–H and O–H groups in total. The molecule has 1 aromatic rings. The number of nitriles is 1. The fourth-order valence-corrected chi connectivity index (χ4v) is 1.21. The topological polar surface area (TPSA) is 49.8 Å². The number of hydrogen-bond donors (Lipinski definition) is 1. The second-order valence-electron chi connectivity index (χ2n) is 4.01. The molecule has 0 amide bonds. The van der Waals surface area contributed by atoms with Gasteiger partial charge in [0.1, 0.15) is 5.54 Å². The van der Waals surface area contributed by atoms with Gasteiger partial charge in [-0.1, -0.05) is 29.8 Å². The largest absolute Gasteiger partial charge is 0.314 e. The lowest BCUT2D eigenvalue weighted by Gasteiger charge is -2.14. The highest BCUT2D eigenvalue weighted by molar-refractivity contribution is 5.22. The molecule has 1 aromatic carbocycles. The Kier molecular flexibility index (Phi) is 3.27. The fraction of sp³-hybridized carbons (Fsp3) is 0.417. The number of aryl methyl sites for hydroxylation is 2. The van der Waals surface area contributed by atoms with Crippen LogP contribution >= 0.6 is 0 Å². The van der Waals surface area contributed by atoms with Gasteiger partial charge in [0.2, 0.25) is 0 Å². The minimum atomic E-state index is -0.703. The maximum atomic E-state index is 8.74. The molecule has 0 aliphatic heterocycles. The van der Waals surface area contributed by atoms with Gasteiger partial charge in [-0.2, -0.15) is 5.26 Å². The molecule has 14 heavy (non-hydrogen) atoms. The van der Waals surface area contributed by atoms with Crippen molar-refractivity contribution in [3.05, 3.63) is 35.4 Å². The van der Waals surface area contributed by atoms with Gasteiger partial charge in [0.05, 0.1) is 6.07 Å². The summed E-state index contributed by atoms with van der Waals surface area (Å²) in [4.78, 5) is 0. The molecule has 0 heterocycles. The molecule has 1 atom stereocenters. The Morgan fingerprint density at radius 3 is 2.43 bits per heavy atom. The lowest BCUT2D eigenvalue weighted by molar-refractivity contribution is 0.546. The van der Waals surface area contributed by atoms with E-state index in [1.807, 2.05) is 0 Å². The van der Waals surface area contributed by atoms with Crippen molar-refractivity contribution in [2.45, 2.75) is 32.2 Å². The molecule has 74 valence electrons. The van der Waals surface area contributed by atoms with E-state index >= 15 is 0 Å². The molecule has 0 spiro atoms. The summed E-state index contributed by atoms with van der Waals surface area (Å²) >= 11 is 0. The van der Waals surface area contributed by atoms with Gasteiger partial charge in [-0.05, 0) is 32.3 Å². The van der Waals surface area contributed by atoms with Crippen molar-refractivity contribution in [1.82, 2.24) is 0 Å². The molecule has 0 saturated heterocycles. The van der Waals surface area contributed by atoms with Crippen LogP contribution in [0.15, 0.2) is 24.3 Å². The second kappa shape index (κ2) is 4.26. The molecule has 0 fully saturated rings. The highest BCUT2D eigenvalue weighted by atomic mass is 14.7. The second-order valence-corrected chi connectivity index (χ2v) is 4.01. The van der Waals surface area contributed by atoms with Crippen LogP contribution < -0.4 is 5.73 Å². The van der Waals surface area contributed by atoms with E-state index in [0.29, 0.717) is 6.42 Å². The highest BCUT2D eigenvalue weighted by Crippen LogP contribution is 2.11. The number of hydrogen-bond acceptors (Lipinski definition) is 2. The van der Waals surface area contributed by atoms with Gasteiger partial charge in [0, 0.05) is 0 Å². The molecule has 0 bridgehead atoms. The molecule has 1 rings (SSSR count). The zero-order valence-electron chi connectivity index (χ0n) is 8.75. The van der Waals surface area contributed by atoms with Gasteiger partial charge in [-0.25, -0.2) is 0 Å². The third-order valence-electron chi connectivity index (χ3n) is 2.31. The minimum absolute atomic E-state index is 0.701. The van der Waals surface area contributed by atoms with Crippen LogP contribution in [0.3, 0.4) is 0 Å². The van der Waals surface area contributed by atoms with E-state index in [0.717, 1.165) is 6.42 Å². The average Bonchev–Trinajstić information content (AvgIpc) is 2.17. The van der Waals surface area contributed by atoms with Gasteiger partial charge in [0.15, 0.2) is 0 Å². The zero-order chi connectivity index (χ0) is 10.6. The predicted molar refractivity (Wildman–Crippen MR) is 57.7 cm³/mol. The maximum absolute atomic E-state index is 8.74. The predicted octanol–water partition coefficient (Wildman–Crippen LogP) is 2.17. The van der Waals surface area contributed by atoms with Gasteiger partial charge in [0.25, 0.3) is 0 Å². The summed E-state index contributed by atoms with van der Waals surface area (Å²) in [5, 5.41) is 8.74. The van der Waals surface area contributed by atoms with Crippen LogP contribution in [0, 0.1) is 18.3 Å². The molecule has 1 unspecified atom stereocenters. The number of nitrogens with zero attached hydrogens (tertiary/aromatic N) is 1. The SMILES string of the molecule is Cc1ccc(CCC(C)(N)C#N)cc1. The summed E-state index contributed by atoms with van der Waals surface area (Å²) in [5.74, 6) is 0. The van der Waals surface area contributed by atoms with Gasteiger partial charge >= 0.3 is 0 Å². The van der Waals surface area contributed by atoms with Gasteiger partial charge in [-0.3, -0.25) is 0 Å². The van der Waals surface area contributed by atoms with Crippen LogP contribution in [-0.2, 0) is 6.42 Å². The molecular formula is C12H16N2. The summed E-state index contributed by atoms with van der Waals surface area (Å²) in [7, 11) is 0. The number of benzene rings is 1. The van der Waals surface area contributed by atoms with Crippen LogP contribution in [0.4, 0.5) is 0 Å². The normalized spacial score (nSPS) is 14.4. The van der Waals surface area contributed by atoms with Crippen molar-refractivity contribution in [3.63, 3.8) is 0 Å². The summed E-state index contributed by atoms with van der Waals surface area (Å²) in [6, 6.07) is 10.4. The number of rotatable bonds is 3. The van der Waals surface area contributed by atoms with Crippen LogP contribution in [0.1, 0.15) is 24.5 Å². The molecule has 0 radical (unpaired) electrons.